The highest BCUT2D eigenvalue weighted by molar-refractivity contribution is 7.19. The molecule has 0 spiro atoms. The van der Waals surface area contributed by atoms with Crippen molar-refractivity contribution in [2.75, 3.05) is 7.11 Å². The van der Waals surface area contributed by atoms with Crippen LogP contribution in [0.15, 0.2) is 6.20 Å². The van der Waals surface area contributed by atoms with Gasteiger partial charge in [-0.05, 0) is 18.6 Å². The largest absolute Gasteiger partial charge is 0.372 e. The molecule has 0 aliphatic carbocycles. The first-order valence-electron chi connectivity index (χ1n) is 3.33. The summed E-state index contributed by atoms with van der Waals surface area (Å²) in [4.78, 5) is 4.13. The van der Waals surface area contributed by atoms with E-state index >= 15 is 0 Å². The molecule has 0 aliphatic rings. The molecule has 2 nitrogen and oxygen atoms in total. The van der Waals surface area contributed by atoms with Crippen molar-refractivity contribution in [1.29, 1.82) is 0 Å². The fraction of sp³-hybridized carbons (Fsp3) is 0.571. The van der Waals surface area contributed by atoms with Crippen LogP contribution in [-0.4, -0.2) is 19.9 Å². The summed E-state index contributed by atoms with van der Waals surface area (Å²) in [7, 11) is 7.19. The van der Waals surface area contributed by atoms with E-state index in [1.54, 1.807) is 13.3 Å². The molecule has 0 aliphatic heterocycles. The molecule has 11 heavy (non-hydrogen) atoms. The lowest BCUT2D eigenvalue weighted by Crippen LogP contribution is -2.18. The normalized spacial score (nSPS) is 11.9. The van der Waals surface area contributed by atoms with Gasteiger partial charge in [-0.1, -0.05) is 0 Å². The maximum atomic E-state index is 5.53. The maximum absolute atomic E-state index is 5.53. The first kappa shape index (κ1) is 8.75. The van der Waals surface area contributed by atoms with Gasteiger partial charge in [0.25, 0.3) is 0 Å². The molecule has 0 bridgehead atoms. The third kappa shape index (κ3) is 1.82. The minimum atomic E-state index is -0.317. The van der Waals surface area contributed by atoms with Crippen molar-refractivity contribution in [2.45, 2.75) is 19.4 Å². The van der Waals surface area contributed by atoms with Gasteiger partial charge in [-0.3, -0.25) is 0 Å². The summed E-state index contributed by atoms with van der Waals surface area (Å²) in [5.74, 6) is 0. The van der Waals surface area contributed by atoms with Crippen molar-refractivity contribution in [3.63, 3.8) is 0 Å². The Kier molecular flexibility index (Phi) is 2.35. The van der Waals surface area contributed by atoms with E-state index in [9.17, 15) is 0 Å². The van der Waals surface area contributed by atoms with E-state index in [0.717, 1.165) is 9.78 Å². The minimum absolute atomic E-state index is 0.317. The lowest BCUT2D eigenvalue weighted by atomic mass is 10.1. The van der Waals surface area contributed by atoms with Gasteiger partial charge in [0.1, 0.15) is 18.5 Å². The van der Waals surface area contributed by atoms with Gasteiger partial charge in [0.15, 0.2) is 0 Å². The van der Waals surface area contributed by atoms with Gasteiger partial charge in [0.05, 0.1) is 0 Å². The van der Waals surface area contributed by atoms with Crippen molar-refractivity contribution in [3.05, 3.63) is 11.2 Å². The van der Waals surface area contributed by atoms with Crippen LogP contribution in [0.3, 0.4) is 0 Å². The number of ether oxygens (including phenoxy) is 1. The zero-order valence-corrected chi connectivity index (χ0v) is 7.73. The third-order valence-corrected chi connectivity index (χ3v) is 2.68. The Morgan fingerprint density at radius 3 is 2.64 bits per heavy atom. The van der Waals surface area contributed by atoms with Crippen molar-refractivity contribution in [2.24, 2.45) is 0 Å². The number of rotatable bonds is 2. The van der Waals surface area contributed by atoms with Crippen LogP contribution in [0, 0.1) is 0 Å². The van der Waals surface area contributed by atoms with Crippen LogP contribution in [-0.2, 0) is 10.3 Å². The van der Waals surface area contributed by atoms with Gasteiger partial charge in [-0.2, -0.15) is 0 Å². The number of nitrogens with zero attached hydrogens (tertiary/aromatic N) is 1. The summed E-state index contributed by atoms with van der Waals surface area (Å²) < 4.78 is 5.96. The first-order valence-corrected chi connectivity index (χ1v) is 4.15. The van der Waals surface area contributed by atoms with Gasteiger partial charge in [0.2, 0.25) is 0 Å². The molecule has 0 N–H and O–H groups in total. The minimum Gasteiger partial charge on any atom is -0.372 e. The average Bonchev–Trinajstić information content (AvgIpc) is 2.36. The zero-order valence-electron chi connectivity index (χ0n) is 6.92. The van der Waals surface area contributed by atoms with Crippen molar-refractivity contribution < 1.29 is 4.74 Å². The molecule has 0 unspecified atom stereocenters. The summed E-state index contributed by atoms with van der Waals surface area (Å²) >= 11 is 1.46. The fourth-order valence-electron chi connectivity index (χ4n) is 0.652. The van der Waals surface area contributed by atoms with Crippen LogP contribution in [0.5, 0.6) is 0 Å². The standard InChI is InChI=1S/C7H10BNOS/c1-7(2,10-3)6-9-4-5(8)11-6/h4H,1-3H3. The van der Waals surface area contributed by atoms with Crippen molar-refractivity contribution >= 4 is 24.0 Å². The highest BCUT2D eigenvalue weighted by Crippen LogP contribution is 2.23. The quantitative estimate of drug-likeness (QED) is 0.608. The summed E-state index contributed by atoms with van der Waals surface area (Å²) in [5.41, 5.74) is -0.317. The molecule has 2 radical (unpaired) electrons. The van der Waals surface area contributed by atoms with Crippen molar-refractivity contribution in [3.8, 4) is 0 Å². The molecule has 0 amide bonds. The van der Waals surface area contributed by atoms with Crippen LogP contribution < -0.4 is 4.78 Å². The first-order chi connectivity index (χ1) is 5.06. The van der Waals surface area contributed by atoms with E-state index in [2.05, 4.69) is 4.98 Å². The van der Waals surface area contributed by atoms with E-state index in [1.165, 1.54) is 11.3 Å². The second-order valence-electron chi connectivity index (χ2n) is 2.78. The van der Waals surface area contributed by atoms with E-state index in [1.807, 2.05) is 13.8 Å². The van der Waals surface area contributed by atoms with Gasteiger partial charge < -0.3 is 4.74 Å². The molecule has 1 aromatic rings. The molecule has 0 saturated heterocycles. The topological polar surface area (TPSA) is 22.1 Å². The van der Waals surface area contributed by atoms with Gasteiger partial charge in [0, 0.05) is 13.3 Å². The molecule has 1 aromatic heterocycles. The highest BCUT2D eigenvalue weighted by Gasteiger charge is 2.22. The van der Waals surface area contributed by atoms with E-state index in [4.69, 9.17) is 12.6 Å². The van der Waals surface area contributed by atoms with E-state index in [-0.39, 0.29) is 5.60 Å². The van der Waals surface area contributed by atoms with E-state index < -0.39 is 0 Å². The Balaban J connectivity index is 2.92. The Hall–Kier alpha value is -0.345. The number of aromatic nitrogens is 1. The lowest BCUT2D eigenvalue weighted by molar-refractivity contribution is 0.0190. The van der Waals surface area contributed by atoms with Crippen LogP contribution >= 0.6 is 11.3 Å². The molecule has 0 saturated carbocycles. The summed E-state index contributed by atoms with van der Waals surface area (Å²) in [6.45, 7) is 3.93. The molecule has 4 heteroatoms. The van der Waals surface area contributed by atoms with Crippen molar-refractivity contribution in [1.82, 2.24) is 4.98 Å². The second-order valence-corrected chi connectivity index (χ2v) is 3.84. The predicted molar refractivity (Wildman–Crippen MR) is 47.5 cm³/mol. The second kappa shape index (κ2) is 2.95. The molecular formula is C7H10BNOS. The Bertz CT molecular complexity index is 246. The fourth-order valence-corrected chi connectivity index (χ4v) is 1.42. The molecule has 1 heterocycles. The smallest absolute Gasteiger partial charge is 0.131 e. The number of thiazole rings is 1. The van der Waals surface area contributed by atoms with Crippen LogP contribution in [0.2, 0.25) is 0 Å². The Labute approximate surface area is 72.0 Å². The molecular weight excluding hydrogens is 157 g/mol. The highest BCUT2D eigenvalue weighted by atomic mass is 32.1. The third-order valence-electron chi connectivity index (χ3n) is 1.55. The van der Waals surface area contributed by atoms with Gasteiger partial charge in [-0.25, -0.2) is 4.98 Å². The summed E-state index contributed by atoms with van der Waals surface area (Å²) in [5, 5.41) is 0.914. The average molecular weight is 167 g/mol. The Morgan fingerprint density at radius 2 is 2.27 bits per heavy atom. The van der Waals surface area contributed by atoms with Gasteiger partial charge >= 0.3 is 0 Å². The number of methoxy groups -OCH3 is 1. The molecule has 58 valence electrons. The molecule has 0 aromatic carbocycles. The summed E-state index contributed by atoms with van der Waals surface area (Å²) in [6, 6.07) is 0. The lowest BCUT2D eigenvalue weighted by Gasteiger charge is -2.19. The number of hydrogen-bond donors (Lipinski definition) is 0. The SMILES string of the molecule is [B]c1cnc(C(C)(C)OC)s1. The predicted octanol–water partition coefficient (Wildman–Crippen LogP) is 0.818. The van der Waals surface area contributed by atoms with Crippen LogP contribution in [0.4, 0.5) is 0 Å². The zero-order chi connectivity index (χ0) is 8.48. The summed E-state index contributed by atoms with van der Waals surface area (Å²) in [6.07, 6.45) is 1.65. The van der Waals surface area contributed by atoms with Gasteiger partial charge in [-0.15, -0.1) is 11.3 Å². The molecule has 0 fully saturated rings. The van der Waals surface area contributed by atoms with Crippen LogP contribution in [0.25, 0.3) is 0 Å². The Morgan fingerprint density at radius 1 is 1.64 bits per heavy atom. The monoisotopic (exact) mass is 167 g/mol. The van der Waals surface area contributed by atoms with Crippen LogP contribution in [0.1, 0.15) is 18.9 Å². The molecule has 1 rings (SSSR count). The number of hydrogen-bond acceptors (Lipinski definition) is 3. The van der Waals surface area contributed by atoms with E-state index in [0.29, 0.717) is 0 Å². The molecule has 0 atom stereocenters. The maximum Gasteiger partial charge on any atom is 0.131 e.